The highest BCUT2D eigenvalue weighted by atomic mass is 19.3. The molecule has 0 saturated heterocycles. The lowest BCUT2D eigenvalue weighted by Gasteiger charge is -2.38. The molecule has 14 heavy (non-hydrogen) atoms. The van der Waals surface area contributed by atoms with Gasteiger partial charge in [-0.2, -0.15) is 17.6 Å². The van der Waals surface area contributed by atoms with Crippen molar-refractivity contribution >= 4 is 0 Å². The molecule has 0 aromatic heterocycles. The molecule has 0 nitrogen and oxygen atoms in total. The van der Waals surface area contributed by atoms with E-state index >= 15 is 0 Å². The maximum atomic E-state index is 12.9. The van der Waals surface area contributed by atoms with Crippen molar-refractivity contribution in [1.29, 1.82) is 0 Å². The van der Waals surface area contributed by atoms with E-state index in [4.69, 9.17) is 0 Å². The topological polar surface area (TPSA) is 0 Å². The fraction of sp³-hybridized carbons (Fsp3) is 0.714. The molecule has 2 atom stereocenters. The quantitative estimate of drug-likeness (QED) is 0.552. The standard InChI is InChI=1S/C7H5F7/c1-5(10)2-3(8)4(9)6(11,12)7(5,13)14/h2,4H,1H3. The number of alkyl halides is 6. The van der Waals surface area contributed by atoms with Crippen LogP contribution in [0.1, 0.15) is 6.92 Å². The van der Waals surface area contributed by atoms with Crippen LogP contribution in [0.3, 0.4) is 0 Å². The summed E-state index contributed by atoms with van der Waals surface area (Å²) in [7, 11) is 0. The van der Waals surface area contributed by atoms with E-state index in [-0.39, 0.29) is 6.92 Å². The van der Waals surface area contributed by atoms with Gasteiger partial charge in [-0.25, -0.2) is 13.2 Å². The first-order valence-corrected chi connectivity index (χ1v) is 3.51. The Bertz CT molecular complexity index is 278. The van der Waals surface area contributed by atoms with Crippen molar-refractivity contribution in [2.24, 2.45) is 0 Å². The van der Waals surface area contributed by atoms with Gasteiger partial charge in [0, 0.05) is 0 Å². The normalized spacial score (nSPS) is 40.6. The van der Waals surface area contributed by atoms with Gasteiger partial charge < -0.3 is 0 Å². The highest BCUT2D eigenvalue weighted by molar-refractivity contribution is 5.25. The molecule has 0 aromatic carbocycles. The van der Waals surface area contributed by atoms with E-state index in [9.17, 15) is 30.7 Å². The maximum Gasteiger partial charge on any atom is 0.350 e. The van der Waals surface area contributed by atoms with Gasteiger partial charge in [-0.1, -0.05) is 0 Å². The van der Waals surface area contributed by atoms with Crippen LogP contribution in [0.15, 0.2) is 11.9 Å². The molecule has 1 aliphatic carbocycles. The fourth-order valence-electron chi connectivity index (χ4n) is 1.08. The molecule has 7 heteroatoms. The van der Waals surface area contributed by atoms with Gasteiger partial charge >= 0.3 is 11.8 Å². The lowest BCUT2D eigenvalue weighted by atomic mass is 9.85. The van der Waals surface area contributed by atoms with E-state index in [1.807, 2.05) is 0 Å². The zero-order valence-corrected chi connectivity index (χ0v) is 6.80. The highest BCUT2D eigenvalue weighted by Crippen LogP contribution is 2.53. The number of hydrogen-bond donors (Lipinski definition) is 0. The van der Waals surface area contributed by atoms with E-state index in [1.165, 1.54) is 0 Å². The minimum atomic E-state index is -5.38. The van der Waals surface area contributed by atoms with E-state index in [1.54, 1.807) is 0 Å². The van der Waals surface area contributed by atoms with Crippen molar-refractivity contribution < 1.29 is 30.7 Å². The van der Waals surface area contributed by atoms with Gasteiger partial charge in [-0.15, -0.1) is 0 Å². The predicted molar refractivity (Wildman–Crippen MR) is 33.5 cm³/mol. The monoisotopic (exact) mass is 222 g/mol. The van der Waals surface area contributed by atoms with Gasteiger partial charge in [0.15, 0.2) is 5.67 Å². The SMILES string of the molecule is CC1(F)C=C(F)C(F)C(F)(F)C1(F)F. The molecular weight excluding hydrogens is 217 g/mol. The third-order valence-corrected chi connectivity index (χ3v) is 2.00. The van der Waals surface area contributed by atoms with E-state index in [0.29, 0.717) is 0 Å². The summed E-state index contributed by atoms with van der Waals surface area (Å²) in [5.74, 6) is -12.9. The molecule has 0 aliphatic heterocycles. The largest absolute Gasteiger partial charge is 0.350 e. The minimum absolute atomic E-state index is 0.0619. The van der Waals surface area contributed by atoms with Crippen molar-refractivity contribution in [2.45, 2.75) is 30.6 Å². The lowest BCUT2D eigenvalue weighted by Crippen LogP contribution is -2.61. The zero-order chi connectivity index (χ0) is 11.4. The van der Waals surface area contributed by atoms with Crippen LogP contribution in [0.5, 0.6) is 0 Å². The van der Waals surface area contributed by atoms with Gasteiger partial charge in [-0.3, -0.25) is 0 Å². The van der Waals surface area contributed by atoms with Crippen LogP contribution in [0.2, 0.25) is 0 Å². The van der Waals surface area contributed by atoms with Crippen LogP contribution in [-0.2, 0) is 0 Å². The Morgan fingerprint density at radius 3 is 2.00 bits per heavy atom. The molecule has 0 N–H and O–H groups in total. The van der Waals surface area contributed by atoms with Gasteiger partial charge in [0.1, 0.15) is 5.83 Å². The molecule has 0 amide bonds. The van der Waals surface area contributed by atoms with E-state index in [0.717, 1.165) is 0 Å². The number of allylic oxidation sites excluding steroid dienone is 2. The zero-order valence-electron chi connectivity index (χ0n) is 6.80. The van der Waals surface area contributed by atoms with Crippen LogP contribution < -0.4 is 0 Å². The summed E-state index contributed by atoms with van der Waals surface area (Å²) in [6.07, 6.45) is -4.27. The molecule has 0 saturated carbocycles. The second-order valence-corrected chi connectivity index (χ2v) is 3.16. The summed E-state index contributed by atoms with van der Waals surface area (Å²) >= 11 is 0. The first-order valence-electron chi connectivity index (χ1n) is 3.51. The molecule has 1 rings (SSSR count). The minimum Gasteiger partial charge on any atom is -0.233 e. The molecule has 2 unspecified atom stereocenters. The van der Waals surface area contributed by atoms with Crippen molar-refractivity contribution in [2.75, 3.05) is 0 Å². The summed E-state index contributed by atoms with van der Waals surface area (Å²) in [5, 5.41) is 0. The number of rotatable bonds is 0. The Hall–Kier alpha value is -0.750. The number of halogens is 7. The average molecular weight is 222 g/mol. The van der Waals surface area contributed by atoms with Crippen LogP contribution in [0.25, 0.3) is 0 Å². The molecule has 0 radical (unpaired) electrons. The Morgan fingerprint density at radius 2 is 1.57 bits per heavy atom. The smallest absolute Gasteiger partial charge is 0.233 e. The molecule has 0 spiro atoms. The summed E-state index contributed by atoms with van der Waals surface area (Å²) in [5.41, 5.74) is -3.90. The van der Waals surface area contributed by atoms with Gasteiger partial charge in [-0.05, 0) is 13.0 Å². The molecule has 1 aliphatic rings. The Balaban J connectivity index is 3.34. The summed E-state index contributed by atoms with van der Waals surface area (Å²) in [4.78, 5) is 0. The maximum absolute atomic E-state index is 12.9. The molecule has 0 heterocycles. The Morgan fingerprint density at radius 1 is 1.14 bits per heavy atom. The molecular formula is C7H5F7. The molecule has 0 aromatic rings. The van der Waals surface area contributed by atoms with Crippen molar-refractivity contribution in [3.8, 4) is 0 Å². The van der Waals surface area contributed by atoms with Crippen LogP contribution in [0.4, 0.5) is 30.7 Å². The lowest BCUT2D eigenvalue weighted by molar-refractivity contribution is -0.282. The van der Waals surface area contributed by atoms with Crippen LogP contribution >= 0.6 is 0 Å². The fourth-order valence-corrected chi connectivity index (χ4v) is 1.08. The van der Waals surface area contributed by atoms with Crippen molar-refractivity contribution in [3.05, 3.63) is 11.9 Å². The number of hydrogen-bond acceptors (Lipinski definition) is 0. The summed E-state index contributed by atoms with van der Waals surface area (Å²) < 4.78 is 87.7. The van der Waals surface area contributed by atoms with Gasteiger partial charge in [0.25, 0.3) is 0 Å². The first kappa shape index (κ1) is 11.3. The van der Waals surface area contributed by atoms with Crippen LogP contribution in [0, 0.1) is 0 Å². The van der Waals surface area contributed by atoms with E-state index < -0.39 is 35.6 Å². The third-order valence-electron chi connectivity index (χ3n) is 2.00. The van der Waals surface area contributed by atoms with Crippen molar-refractivity contribution in [3.63, 3.8) is 0 Å². The second-order valence-electron chi connectivity index (χ2n) is 3.16. The average Bonchev–Trinajstić information content (AvgIpc) is 1.99. The summed E-state index contributed by atoms with van der Waals surface area (Å²) in [6, 6.07) is 0. The summed E-state index contributed by atoms with van der Waals surface area (Å²) in [6.45, 7) is 0.0619. The highest BCUT2D eigenvalue weighted by Gasteiger charge is 2.74. The van der Waals surface area contributed by atoms with Crippen LogP contribution in [-0.4, -0.2) is 23.7 Å². The Labute approximate surface area is 74.4 Å². The van der Waals surface area contributed by atoms with Gasteiger partial charge in [0.05, 0.1) is 0 Å². The van der Waals surface area contributed by atoms with E-state index in [2.05, 4.69) is 0 Å². The molecule has 82 valence electrons. The van der Waals surface area contributed by atoms with Crippen molar-refractivity contribution in [1.82, 2.24) is 0 Å². The first-order chi connectivity index (χ1) is 6.04. The predicted octanol–water partition coefficient (Wildman–Crippen LogP) is 3.19. The third kappa shape index (κ3) is 1.14. The Kier molecular flexibility index (Phi) is 2.13. The second kappa shape index (κ2) is 2.64. The van der Waals surface area contributed by atoms with Gasteiger partial charge in [0.2, 0.25) is 6.17 Å². The molecule has 0 bridgehead atoms. The molecule has 0 fully saturated rings.